The molecule has 1 aliphatic heterocycles. The fourth-order valence-electron chi connectivity index (χ4n) is 2.41. The first-order valence-corrected chi connectivity index (χ1v) is 6.30. The highest BCUT2D eigenvalue weighted by atomic mass is 16.5. The minimum atomic E-state index is 0.165. The smallest absolute Gasteiger partial charge is 0.123 e. The maximum absolute atomic E-state index is 6.14. The van der Waals surface area contributed by atoms with Crippen molar-refractivity contribution in [1.82, 2.24) is 0 Å². The van der Waals surface area contributed by atoms with Gasteiger partial charge in [-0.2, -0.15) is 0 Å². The molecule has 0 bridgehead atoms. The predicted molar refractivity (Wildman–Crippen MR) is 72.5 cm³/mol. The molecule has 1 nitrogen and oxygen atoms in total. The van der Waals surface area contributed by atoms with Crippen LogP contribution in [0.1, 0.15) is 38.8 Å². The fourth-order valence-corrected chi connectivity index (χ4v) is 2.41. The van der Waals surface area contributed by atoms with E-state index in [4.69, 9.17) is 4.74 Å². The summed E-state index contributed by atoms with van der Waals surface area (Å²) in [5.74, 6) is 1.05. The second-order valence-corrected chi connectivity index (χ2v) is 6.06. The lowest BCUT2D eigenvalue weighted by atomic mass is 9.77. The molecular weight excluding hydrogens is 208 g/mol. The maximum Gasteiger partial charge on any atom is 0.123 e. The molecule has 0 fully saturated rings. The van der Waals surface area contributed by atoms with E-state index in [1.165, 1.54) is 16.7 Å². The van der Waals surface area contributed by atoms with Crippen molar-refractivity contribution in [3.63, 3.8) is 0 Å². The molecule has 17 heavy (non-hydrogen) atoms. The van der Waals surface area contributed by atoms with Gasteiger partial charge >= 0.3 is 0 Å². The molecule has 1 heterocycles. The largest absolute Gasteiger partial charge is 0.486 e. The average Bonchev–Trinajstić information content (AvgIpc) is 2.18. The van der Waals surface area contributed by atoms with Gasteiger partial charge in [-0.1, -0.05) is 37.1 Å². The number of aryl methyl sites for hydroxylation is 1. The fraction of sp³-hybridized carbons (Fsp3) is 0.500. The molecule has 0 unspecified atom stereocenters. The van der Waals surface area contributed by atoms with Crippen LogP contribution >= 0.6 is 0 Å². The van der Waals surface area contributed by atoms with E-state index < -0.39 is 0 Å². The Labute approximate surface area is 104 Å². The quantitative estimate of drug-likeness (QED) is 0.654. The Morgan fingerprint density at radius 3 is 2.71 bits per heavy atom. The Kier molecular flexibility index (Phi) is 3.03. The summed E-state index contributed by atoms with van der Waals surface area (Å²) < 4.78 is 6.14. The van der Waals surface area contributed by atoms with E-state index in [-0.39, 0.29) is 11.5 Å². The van der Waals surface area contributed by atoms with E-state index in [1.807, 2.05) is 0 Å². The number of allylic oxidation sites excluding steroid dienone is 1. The van der Waals surface area contributed by atoms with Gasteiger partial charge in [0.2, 0.25) is 0 Å². The predicted octanol–water partition coefficient (Wildman–Crippen LogP) is 4.29. The van der Waals surface area contributed by atoms with Crippen LogP contribution in [0, 0.1) is 12.3 Å². The summed E-state index contributed by atoms with van der Waals surface area (Å²) in [6, 6.07) is 6.47. The minimum Gasteiger partial charge on any atom is -0.486 e. The summed E-state index contributed by atoms with van der Waals surface area (Å²) >= 11 is 0. The van der Waals surface area contributed by atoms with E-state index in [0.717, 1.165) is 12.2 Å². The molecular formula is C16H22O. The normalized spacial score (nSPS) is 21.4. The summed E-state index contributed by atoms with van der Waals surface area (Å²) in [7, 11) is 0. The third kappa shape index (κ3) is 2.54. The van der Waals surface area contributed by atoms with E-state index in [2.05, 4.69) is 58.9 Å². The molecule has 1 heteroatoms. The Morgan fingerprint density at radius 2 is 2.06 bits per heavy atom. The Balaban J connectivity index is 2.38. The monoisotopic (exact) mass is 230 g/mol. The van der Waals surface area contributed by atoms with Gasteiger partial charge in [0.05, 0.1) is 0 Å². The van der Waals surface area contributed by atoms with Crippen molar-refractivity contribution < 1.29 is 4.74 Å². The summed E-state index contributed by atoms with van der Waals surface area (Å²) in [6.07, 6.45) is 3.50. The highest BCUT2D eigenvalue weighted by molar-refractivity contribution is 5.40. The maximum atomic E-state index is 6.14. The van der Waals surface area contributed by atoms with E-state index in [9.17, 15) is 0 Å². The van der Waals surface area contributed by atoms with Gasteiger partial charge in [-0.3, -0.25) is 0 Å². The Bertz CT molecular complexity index is 451. The topological polar surface area (TPSA) is 9.23 Å². The van der Waals surface area contributed by atoms with Crippen molar-refractivity contribution in [2.45, 2.75) is 47.1 Å². The zero-order valence-corrected chi connectivity index (χ0v) is 11.5. The van der Waals surface area contributed by atoms with Crippen molar-refractivity contribution in [1.29, 1.82) is 0 Å². The molecule has 0 amide bonds. The lowest BCUT2D eigenvalue weighted by Gasteiger charge is -2.38. The lowest BCUT2D eigenvalue weighted by molar-refractivity contribution is 0.0906. The number of rotatable bonds is 1. The first kappa shape index (κ1) is 12.2. The second-order valence-electron chi connectivity index (χ2n) is 6.06. The van der Waals surface area contributed by atoms with E-state index in [1.54, 1.807) is 0 Å². The van der Waals surface area contributed by atoms with E-state index >= 15 is 0 Å². The van der Waals surface area contributed by atoms with Crippen molar-refractivity contribution >= 4 is 0 Å². The molecule has 0 aliphatic carbocycles. The third-order valence-corrected chi connectivity index (χ3v) is 3.37. The van der Waals surface area contributed by atoms with Crippen molar-refractivity contribution in [2.24, 2.45) is 5.41 Å². The minimum absolute atomic E-state index is 0.165. The number of fused-ring (bicyclic) bond motifs is 1. The summed E-state index contributed by atoms with van der Waals surface area (Å²) in [4.78, 5) is 0. The van der Waals surface area contributed by atoms with Gasteiger partial charge in [-0.15, -0.1) is 0 Å². The summed E-state index contributed by atoms with van der Waals surface area (Å²) in [5.41, 5.74) is 4.13. The van der Waals surface area contributed by atoms with Crippen LogP contribution in [-0.2, 0) is 6.42 Å². The van der Waals surface area contributed by atoms with Crippen molar-refractivity contribution in [2.75, 3.05) is 0 Å². The first-order valence-electron chi connectivity index (χ1n) is 6.30. The van der Waals surface area contributed by atoms with Gasteiger partial charge in [-0.25, -0.2) is 0 Å². The number of ether oxygens (including phenoxy) is 1. The van der Waals surface area contributed by atoms with Crippen LogP contribution in [-0.4, -0.2) is 6.10 Å². The van der Waals surface area contributed by atoms with Gasteiger partial charge in [0, 0.05) is 5.41 Å². The van der Waals surface area contributed by atoms with Gasteiger partial charge in [0.25, 0.3) is 0 Å². The third-order valence-electron chi connectivity index (χ3n) is 3.37. The van der Waals surface area contributed by atoms with E-state index in [0.29, 0.717) is 0 Å². The number of hydrogen-bond donors (Lipinski definition) is 0. The molecule has 1 aromatic rings. The molecule has 0 N–H and O–H groups in total. The van der Waals surface area contributed by atoms with Crippen LogP contribution in [0.3, 0.4) is 0 Å². The molecule has 0 radical (unpaired) electrons. The molecule has 1 aromatic carbocycles. The van der Waals surface area contributed by atoms with Crippen molar-refractivity contribution in [3.05, 3.63) is 41.0 Å². The highest BCUT2D eigenvalue weighted by Gasteiger charge is 2.35. The molecule has 0 spiro atoms. The van der Waals surface area contributed by atoms with Gasteiger partial charge in [0.1, 0.15) is 11.9 Å². The molecule has 2 rings (SSSR count). The van der Waals surface area contributed by atoms with Crippen LogP contribution in [0.4, 0.5) is 0 Å². The van der Waals surface area contributed by atoms with Crippen LogP contribution < -0.4 is 4.74 Å². The van der Waals surface area contributed by atoms with Gasteiger partial charge in [-0.05, 0) is 44.9 Å². The Morgan fingerprint density at radius 1 is 1.35 bits per heavy atom. The summed E-state index contributed by atoms with van der Waals surface area (Å²) in [6.45, 7) is 11.0. The Hall–Kier alpha value is -1.24. The molecule has 92 valence electrons. The molecule has 1 atom stereocenters. The van der Waals surface area contributed by atoms with Crippen LogP contribution in [0.25, 0.3) is 0 Å². The molecule has 0 aromatic heterocycles. The van der Waals surface area contributed by atoms with Crippen LogP contribution in [0.2, 0.25) is 0 Å². The van der Waals surface area contributed by atoms with Crippen LogP contribution in [0.5, 0.6) is 5.75 Å². The molecule has 1 aliphatic rings. The average molecular weight is 230 g/mol. The zero-order chi connectivity index (χ0) is 12.6. The molecule has 0 saturated carbocycles. The van der Waals surface area contributed by atoms with Gasteiger partial charge in [0.15, 0.2) is 0 Å². The number of hydrogen-bond acceptors (Lipinski definition) is 1. The SMILES string of the molecule is CC(C)=C[C@H]1Oc2ccc(C)cc2CC1(C)C. The second kappa shape index (κ2) is 4.21. The standard InChI is InChI=1S/C16H22O/c1-11(2)8-15-16(4,5)10-13-9-12(3)6-7-14(13)17-15/h6-9,15H,10H2,1-5H3/t15-/m1/s1. The zero-order valence-electron chi connectivity index (χ0n) is 11.5. The first-order chi connectivity index (χ1) is 7.88. The summed E-state index contributed by atoms with van der Waals surface area (Å²) in [5, 5.41) is 0. The highest BCUT2D eigenvalue weighted by Crippen LogP contribution is 2.39. The van der Waals surface area contributed by atoms with Gasteiger partial charge < -0.3 is 4.74 Å². The molecule has 0 saturated heterocycles. The lowest BCUT2D eigenvalue weighted by Crippen LogP contribution is -2.38. The number of benzene rings is 1. The van der Waals surface area contributed by atoms with Crippen LogP contribution in [0.15, 0.2) is 29.8 Å². The van der Waals surface area contributed by atoms with Crippen molar-refractivity contribution in [3.8, 4) is 5.75 Å².